The number of benzene rings is 1. The smallest absolute Gasteiger partial charge is 0.0357 e. The zero-order valence-electron chi connectivity index (χ0n) is 16.2. The maximum atomic E-state index is 2.87. The van der Waals surface area contributed by atoms with E-state index in [2.05, 4.69) is 62.1 Å². The van der Waals surface area contributed by atoms with Gasteiger partial charge < -0.3 is 0 Å². The molecule has 1 heteroatoms. The van der Waals surface area contributed by atoms with Gasteiger partial charge in [0.15, 0.2) is 0 Å². The zero-order valence-corrected chi connectivity index (χ0v) is 16.2. The van der Waals surface area contributed by atoms with E-state index < -0.39 is 0 Å². The highest BCUT2D eigenvalue weighted by molar-refractivity contribution is 5.49. The van der Waals surface area contributed by atoms with Crippen LogP contribution in [0.25, 0.3) is 0 Å². The summed E-state index contributed by atoms with van der Waals surface area (Å²) in [6.07, 6.45) is 12.0. The second-order valence-electron chi connectivity index (χ2n) is 9.18. The van der Waals surface area contributed by atoms with Crippen LogP contribution < -0.4 is 0 Å². The lowest BCUT2D eigenvalue weighted by molar-refractivity contribution is 0.119. The molecule has 0 saturated heterocycles. The fourth-order valence-corrected chi connectivity index (χ4v) is 5.46. The molecule has 0 radical (unpaired) electrons. The highest BCUT2D eigenvalue weighted by Gasteiger charge is 2.43. The summed E-state index contributed by atoms with van der Waals surface area (Å²) in [7, 11) is 0. The van der Waals surface area contributed by atoms with E-state index in [1.54, 1.807) is 16.7 Å². The molecule has 3 aliphatic rings. The predicted molar refractivity (Wildman–Crippen MR) is 106 cm³/mol. The Morgan fingerprint density at radius 1 is 0.960 bits per heavy atom. The number of hydrogen-bond acceptors (Lipinski definition) is 1. The minimum Gasteiger partial charge on any atom is -0.285 e. The minimum absolute atomic E-state index is 0.269. The van der Waals surface area contributed by atoms with Crippen molar-refractivity contribution in [3.63, 3.8) is 0 Å². The zero-order chi connectivity index (χ0) is 17.4. The van der Waals surface area contributed by atoms with Crippen molar-refractivity contribution in [1.82, 2.24) is 4.90 Å². The third-order valence-electron chi connectivity index (χ3n) is 6.35. The van der Waals surface area contributed by atoms with Crippen LogP contribution >= 0.6 is 0 Å². The summed E-state index contributed by atoms with van der Waals surface area (Å²) in [5, 5.41) is 0. The molecule has 0 unspecified atom stereocenters. The maximum Gasteiger partial charge on any atom is 0.0357 e. The normalized spacial score (nSPS) is 27.6. The molecule has 0 bridgehead atoms. The predicted octanol–water partition coefficient (Wildman–Crippen LogP) is 6.27. The second-order valence-corrected chi connectivity index (χ2v) is 9.18. The molecule has 0 spiro atoms. The third-order valence-corrected chi connectivity index (χ3v) is 6.35. The van der Waals surface area contributed by atoms with Crippen LogP contribution in [0.3, 0.4) is 0 Å². The molecule has 0 amide bonds. The average molecular weight is 336 g/mol. The molecule has 1 aromatic rings. The van der Waals surface area contributed by atoms with Crippen molar-refractivity contribution in [2.75, 3.05) is 0 Å². The van der Waals surface area contributed by atoms with Crippen LogP contribution in [0.4, 0.5) is 0 Å². The van der Waals surface area contributed by atoms with Gasteiger partial charge in [0.1, 0.15) is 0 Å². The van der Waals surface area contributed by atoms with Gasteiger partial charge in [-0.05, 0) is 66.2 Å². The number of fused-ring (bicyclic) bond motifs is 2. The first-order valence-corrected chi connectivity index (χ1v) is 10.3. The molecule has 2 atom stereocenters. The molecular formula is C24H33N. The topological polar surface area (TPSA) is 3.24 Å². The SMILES string of the molecule is CC(C)(C)C1=C2CCCC[C@H]2N(Cc2ccccc2)[C@@H]2CCCC=C12. The van der Waals surface area contributed by atoms with Crippen molar-refractivity contribution in [2.24, 2.45) is 5.41 Å². The van der Waals surface area contributed by atoms with Gasteiger partial charge in [-0.2, -0.15) is 0 Å². The van der Waals surface area contributed by atoms with Crippen molar-refractivity contribution in [2.45, 2.75) is 84.3 Å². The van der Waals surface area contributed by atoms with Crippen molar-refractivity contribution >= 4 is 0 Å². The van der Waals surface area contributed by atoms with Gasteiger partial charge in [0.2, 0.25) is 0 Å². The van der Waals surface area contributed by atoms with E-state index >= 15 is 0 Å². The van der Waals surface area contributed by atoms with Crippen molar-refractivity contribution in [3.05, 3.63) is 58.7 Å². The van der Waals surface area contributed by atoms with Gasteiger partial charge in [0.05, 0.1) is 0 Å². The van der Waals surface area contributed by atoms with Gasteiger partial charge in [0.25, 0.3) is 0 Å². The van der Waals surface area contributed by atoms with Crippen molar-refractivity contribution in [3.8, 4) is 0 Å². The first kappa shape index (κ1) is 17.1. The first-order valence-electron chi connectivity index (χ1n) is 10.3. The fourth-order valence-electron chi connectivity index (χ4n) is 5.46. The molecule has 1 aromatic carbocycles. The number of nitrogens with zero attached hydrogens (tertiary/aromatic N) is 1. The highest BCUT2D eigenvalue weighted by atomic mass is 15.2. The Morgan fingerprint density at radius 2 is 1.72 bits per heavy atom. The van der Waals surface area contributed by atoms with Gasteiger partial charge in [-0.1, -0.05) is 63.6 Å². The minimum atomic E-state index is 0.269. The lowest BCUT2D eigenvalue weighted by atomic mass is 9.67. The monoisotopic (exact) mass is 335 g/mol. The average Bonchev–Trinajstić information content (AvgIpc) is 2.61. The van der Waals surface area contributed by atoms with E-state index in [4.69, 9.17) is 0 Å². The molecule has 1 fully saturated rings. The van der Waals surface area contributed by atoms with Crippen LogP contribution in [0.1, 0.15) is 71.3 Å². The van der Waals surface area contributed by atoms with E-state index in [1.165, 1.54) is 50.5 Å². The van der Waals surface area contributed by atoms with Gasteiger partial charge in [-0.25, -0.2) is 0 Å². The molecule has 0 N–H and O–H groups in total. The van der Waals surface area contributed by atoms with Gasteiger partial charge >= 0.3 is 0 Å². The van der Waals surface area contributed by atoms with Crippen LogP contribution in [0.5, 0.6) is 0 Å². The van der Waals surface area contributed by atoms with Gasteiger partial charge in [0, 0.05) is 18.6 Å². The molecule has 25 heavy (non-hydrogen) atoms. The Balaban J connectivity index is 1.79. The van der Waals surface area contributed by atoms with Crippen molar-refractivity contribution in [1.29, 1.82) is 0 Å². The van der Waals surface area contributed by atoms with E-state index in [0.717, 1.165) is 6.54 Å². The summed E-state index contributed by atoms with van der Waals surface area (Å²) in [5.41, 5.74) is 6.93. The highest BCUT2D eigenvalue weighted by Crippen LogP contribution is 2.49. The molecular weight excluding hydrogens is 302 g/mol. The maximum absolute atomic E-state index is 2.87. The van der Waals surface area contributed by atoms with Gasteiger partial charge in [-0.3, -0.25) is 4.90 Å². The Hall–Kier alpha value is -1.34. The molecule has 1 nitrogen and oxygen atoms in total. The van der Waals surface area contributed by atoms with Crippen LogP contribution in [0.15, 0.2) is 53.1 Å². The number of allylic oxidation sites excluding steroid dienone is 1. The third kappa shape index (κ3) is 3.24. The number of hydrogen-bond donors (Lipinski definition) is 0. The number of rotatable bonds is 2. The summed E-state index contributed by atoms with van der Waals surface area (Å²) in [6.45, 7) is 8.40. The van der Waals surface area contributed by atoms with E-state index in [9.17, 15) is 0 Å². The summed E-state index contributed by atoms with van der Waals surface area (Å²) in [6, 6.07) is 12.4. The molecule has 1 heterocycles. The Morgan fingerprint density at radius 3 is 2.48 bits per heavy atom. The largest absolute Gasteiger partial charge is 0.285 e. The first-order chi connectivity index (χ1) is 12.1. The van der Waals surface area contributed by atoms with E-state index in [-0.39, 0.29) is 5.41 Å². The van der Waals surface area contributed by atoms with Crippen LogP contribution in [0, 0.1) is 5.41 Å². The molecule has 134 valence electrons. The van der Waals surface area contributed by atoms with Crippen LogP contribution in [-0.4, -0.2) is 17.0 Å². The summed E-state index contributed by atoms with van der Waals surface area (Å²) in [5.74, 6) is 0. The molecule has 4 rings (SSSR count). The fraction of sp³-hybridized carbons (Fsp3) is 0.583. The lowest BCUT2D eigenvalue weighted by Gasteiger charge is -2.51. The van der Waals surface area contributed by atoms with Crippen LogP contribution in [0.2, 0.25) is 0 Å². The second kappa shape index (κ2) is 6.76. The molecule has 1 saturated carbocycles. The van der Waals surface area contributed by atoms with Crippen molar-refractivity contribution < 1.29 is 0 Å². The van der Waals surface area contributed by atoms with E-state index in [0.29, 0.717) is 12.1 Å². The van der Waals surface area contributed by atoms with E-state index in [1.807, 2.05) is 0 Å². The molecule has 0 aromatic heterocycles. The Labute approximate surface area is 153 Å². The molecule has 1 aliphatic heterocycles. The molecule has 2 aliphatic carbocycles. The lowest BCUT2D eigenvalue weighted by Crippen LogP contribution is -2.51. The summed E-state index contributed by atoms with van der Waals surface area (Å²) >= 11 is 0. The quantitative estimate of drug-likeness (QED) is 0.616. The Bertz CT molecular complexity index is 674. The van der Waals surface area contributed by atoms with Gasteiger partial charge in [-0.15, -0.1) is 0 Å². The summed E-state index contributed by atoms with van der Waals surface area (Å²) in [4.78, 5) is 2.87. The standard InChI is InChI=1S/C24H33N/c1-24(2,3)23-19-13-7-9-15-21(19)25(17-18-11-5-4-6-12-18)22-16-10-8-14-20(22)23/h4-6,11-13,21-22H,7-10,14-17H2,1-3H3/t21-,22-/m1/s1. The Kier molecular flexibility index (Phi) is 4.62. The summed E-state index contributed by atoms with van der Waals surface area (Å²) < 4.78 is 0. The van der Waals surface area contributed by atoms with Crippen LogP contribution in [-0.2, 0) is 6.54 Å².